The van der Waals surface area contributed by atoms with Crippen molar-refractivity contribution in [3.8, 4) is 5.75 Å². The molecule has 1 atom stereocenters. The predicted octanol–water partition coefficient (Wildman–Crippen LogP) is 0.762. The van der Waals surface area contributed by atoms with Crippen LogP contribution in [0.4, 0.5) is 14.6 Å². The Morgan fingerprint density at radius 1 is 1.29 bits per heavy atom. The molecule has 0 aliphatic carbocycles. The molecule has 0 unspecified atom stereocenters. The zero-order chi connectivity index (χ0) is 15.6. The van der Waals surface area contributed by atoms with Gasteiger partial charge in [0.2, 0.25) is 0 Å². The van der Waals surface area contributed by atoms with Crippen molar-refractivity contribution >= 4 is 18.4 Å². The van der Waals surface area contributed by atoms with E-state index in [-0.39, 0.29) is 22.6 Å². The number of benzene rings is 1. The molecule has 21 heavy (non-hydrogen) atoms. The lowest BCUT2D eigenvalue weighted by Crippen LogP contribution is -2.30. The average Bonchev–Trinajstić information content (AvgIpc) is 2.40. The normalized spacial score (nSPS) is 12.0. The van der Waals surface area contributed by atoms with Gasteiger partial charge in [-0.25, -0.2) is 13.8 Å². The maximum absolute atomic E-state index is 13.7. The quantitative estimate of drug-likeness (QED) is 0.725. The lowest BCUT2D eigenvalue weighted by atomic mass is 9.81. The maximum Gasteiger partial charge on any atom is 0.490 e. The van der Waals surface area contributed by atoms with Crippen LogP contribution in [0.15, 0.2) is 30.5 Å². The molecule has 0 spiro atoms. The molecule has 0 radical (unpaired) electrons. The number of rotatable bonds is 4. The second-order valence-electron chi connectivity index (χ2n) is 4.42. The fourth-order valence-electron chi connectivity index (χ4n) is 1.85. The minimum atomic E-state index is -1.75. The first kappa shape index (κ1) is 15.2. The number of halogens is 2. The molecular formula is C13H13BF2N2O3. The smallest absolute Gasteiger partial charge is 0.482 e. The van der Waals surface area contributed by atoms with Gasteiger partial charge in [0.1, 0.15) is 17.7 Å². The van der Waals surface area contributed by atoms with Gasteiger partial charge in [0, 0.05) is 11.7 Å². The van der Waals surface area contributed by atoms with Crippen LogP contribution >= 0.6 is 0 Å². The first-order valence-corrected chi connectivity index (χ1v) is 6.12. The van der Waals surface area contributed by atoms with Crippen LogP contribution in [-0.2, 0) is 0 Å². The minimum Gasteiger partial charge on any atom is -0.482 e. The van der Waals surface area contributed by atoms with Gasteiger partial charge in [-0.3, -0.25) is 0 Å². The molecule has 2 aromatic rings. The van der Waals surface area contributed by atoms with Gasteiger partial charge in [-0.1, -0.05) is 6.07 Å². The second kappa shape index (κ2) is 6.07. The number of nitrogens with zero attached hydrogens (tertiary/aromatic N) is 1. The van der Waals surface area contributed by atoms with Crippen LogP contribution in [0.25, 0.3) is 0 Å². The fraction of sp³-hybridized carbons (Fsp3) is 0.154. The molecule has 0 aliphatic heterocycles. The van der Waals surface area contributed by atoms with Gasteiger partial charge < -0.3 is 20.5 Å². The topological polar surface area (TPSA) is 88.6 Å². The maximum atomic E-state index is 13.7. The Hall–Kier alpha value is -2.19. The molecule has 1 aromatic carbocycles. The Bertz CT molecular complexity index is 635. The third-order valence-corrected chi connectivity index (χ3v) is 2.91. The number of ether oxygens (including phenoxy) is 1. The third kappa shape index (κ3) is 3.29. The highest BCUT2D eigenvalue weighted by Gasteiger charge is 2.20. The molecule has 5 nitrogen and oxygen atoms in total. The molecule has 1 heterocycles. The van der Waals surface area contributed by atoms with Crippen LogP contribution < -0.4 is 15.9 Å². The highest BCUT2D eigenvalue weighted by Crippen LogP contribution is 2.27. The van der Waals surface area contributed by atoms with Crippen molar-refractivity contribution < 1.29 is 23.6 Å². The molecule has 1 aromatic heterocycles. The van der Waals surface area contributed by atoms with E-state index in [9.17, 15) is 8.78 Å². The number of nitrogen functional groups attached to an aromatic ring is 1. The predicted molar refractivity (Wildman–Crippen MR) is 73.9 cm³/mol. The summed E-state index contributed by atoms with van der Waals surface area (Å²) in [6.45, 7) is 1.45. The highest BCUT2D eigenvalue weighted by atomic mass is 19.1. The Morgan fingerprint density at radius 3 is 2.48 bits per heavy atom. The summed E-state index contributed by atoms with van der Waals surface area (Å²) >= 11 is 0. The van der Waals surface area contributed by atoms with Gasteiger partial charge in [0.05, 0.1) is 5.56 Å². The van der Waals surface area contributed by atoms with Gasteiger partial charge in [-0.15, -0.1) is 0 Å². The zero-order valence-electron chi connectivity index (χ0n) is 11.1. The Morgan fingerprint density at radius 2 is 1.90 bits per heavy atom. The van der Waals surface area contributed by atoms with Gasteiger partial charge in [-0.05, 0) is 25.1 Å². The number of hydrogen-bond donors (Lipinski definition) is 3. The second-order valence-corrected chi connectivity index (χ2v) is 4.42. The summed E-state index contributed by atoms with van der Waals surface area (Å²) in [6, 6.07) is 4.74. The van der Waals surface area contributed by atoms with E-state index in [1.165, 1.54) is 25.3 Å². The van der Waals surface area contributed by atoms with Gasteiger partial charge >= 0.3 is 7.12 Å². The van der Waals surface area contributed by atoms with Crippen molar-refractivity contribution in [3.05, 3.63) is 47.7 Å². The van der Waals surface area contributed by atoms with E-state index in [4.69, 9.17) is 20.5 Å². The molecule has 0 amide bonds. The van der Waals surface area contributed by atoms with Crippen LogP contribution in [0.1, 0.15) is 18.6 Å². The molecule has 0 saturated heterocycles. The number of pyridine rings is 1. The Labute approximate surface area is 120 Å². The summed E-state index contributed by atoms with van der Waals surface area (Å²) in [5.74, 6) is -1.50. The number of anilines is 1. The fourth-order valence-corrected chi connectivity index (χ4v) is 1.85. The van der Waals surface area contributed by atoms with Crippen molar-refractivity contribution in [2.75, 3.05) is 5.73 Å². The summed E-state index contributed by atoms with van der Waals surface area (Å²) in [7, 11) is -1.75. The lowest BCUT2D eigenvalue weighted by Gasteiger charge is -2.17. The van der Waals surface area contributed by atoms with E-state index in [0.29, 0.717) is 0 Å². The summed E-state index contributed by atoms with van der Waals surface area (Å²) < 4.78 is 32.7. The van der Waals surface area contributed by atoms with Crippen LogP contribution in [0, 0.1) is 11.6 Å². The third-order valence-electron chi connectivity index (χ3n) is 2.91. The zero-order valence-corrected chi connectivity index (χ0v) is 11.1. The van der Waals surface area contributed by atoms with E-state index in [0.717, 1.165) is 12.1 Å². The van der Waals surface area contributed by atoms with E-state index >= 15 is 0 Å². The number of aromatic nitrogens is 1. The number of nitrogens with two attached hydrogens (primary N) is 1. The summed E-state index contributed by atoms with van der Waals surface area (Å²) in [5.41, 5.74) is 5.42. The first-order chi connectivity index (χ1) is 9.90. The molecule has 0 fully saturated rings. The van der Waals surface area contributed by atoms with Gasteiger partial charge in [0.25, 0.3) is 0 Å². The number of hydrogen-bond acceptors (Lipinski definition) is 5. The van der Waals surface area contributed by atoms with Crippen molar-refractivity contribution in [3.63, 3.8) is 0 Å². The molecule has 4 N–H and O–H groups in total. The van der Waals surface area contributed by atoms with E-state index < -0.39 is 24.9 Å². The summed E-state index contributed by atoms with van der Waals surface area (Å²) in [4.78, 5) is 3.74. The van der Waals surface area contributed by atoms with Gasteiger partial charge in [-0.2, -0.15) is 0 Å². The molecular weight excluding hydrogens is 281 g/mol. The average molecular weight is 294 g/mol. The summed E-state index contributed by atoms with van der Waals surface area (Å²) in [6.07, 6.45) is 0.197. The molecule has 0 aliphatic rings. The van der Waals surface area contributed by atoms with Crippen molar-refractivity contribution in [1.82, 2.24) is 4.98 Å². The summed E-state index contributed by atoms with van der Waals surface area (Å²) in [5, 5.41) is 18.2. The van der Waals surface area contributed by atoms with E-state index in [1.807, 2.05) is 0 Å². The Balaban J connectivity index is 2.31. The van der Waals surface area contributed by atoms with Crippen molar-refractivity contribution in [1.29, 1.82) is 0 Å². The van der Waals surface area contributed by atoms with E-state index in [1.54, 1.807) is 0 Å². The van der Waals surface area contributed by atoms with Crippen LogP contribution in [0.3, 0.4) is 0 Å². The molecule has 2 rings (SSSR count). The van der Waals surface area contributed by atoms with E-state index in [2.05, 4.69) is 4.98 Å². The standard InChI is InChI=1S/C13H13BF2N2O3/c1-7(12-9(15)3-2-4-10(12)16)21-11-5-8(14(19)20)6-18-13(11)17/h2-7,19-20H,1H3,(H2,17,18)/t7-/m0/s1. The SMILES string of the molecule is C[C@H](Oc1cc(B(O)O)cnc1N)c1c(F)cccc1F. The molecule has 8 heteroatoms. The van der Waals surface area contributed by atoms with Crippen molar-refractivity contribution in [2.45, 2.75) is 13.0 Å². The minimum absolute atomic E-state index is 0.00996. The van der Waals surface area contributed by atoms with Crippen LogP contribution in [0.5, 0.6) is 5.75 Å². The lowest BCUT2D eigenvalue weighted by molar-refractivity contribution is 0.216. The molecule has 110 valence electrons. The highest BCUT2D eigenvalue weighted by molar-refractivity contribution is 6.58. The van der Waals surface area contributed by atoms with Crippen molar-refractivity contribution in [2.24, 2.45) is 0 Å². The van der Waals surface area contributed by atoms with Crippen LogP contribution in [-0.4, -0.2) is 22.2 Å². The van der Waals surface area contributed by atoms with Gasteiger partial charge in [0.15, 0.2) is 11.6 Å². The molecule has 0 bridgehead atoms. The van der Waals surface area contributed by atoms with Crippen LogP contribution in [0.2, 0.25) is 0 Å². The monoisotopic (exact) mass is 294 g/mol. The first-order valence-electron chi connectivity index (χ1n) is 6.12. The molecule has 0 saturated carbocycles. The largest absolute Gasteiger partial charge is 0.490 e. The Kier molecular flexibility index (Phi) is 4.39.